The van der Waals surface area contributed by atoms with Gasteiger partial charge in [0.05, 0.1) is 26.4 Å². The van der Waals surface area contributed by atoms with Gasteiger partial charge in [0.2, 0.25) is 0 Å². The summed E-state index contributed by atoms with van der Waals surface area (Å²) in [6, 6.07) is 0. The maximum absolute atomic E-state index is 12.9. The van der Waals surface area contributed by atoms with E-state index in [1.54, 1.807) is 0 Å². The van der Waals surface area contributed by atoms with Gasteiger partial charge in [-0.05, 0) is 148 Å². The lowest BCUT2D eigenvalue weighted by molar-refractivity contribution is -0.161. The van der Waals surface area contributed by atoms with E-state index in [9.17, 15) is 43.5 Å². The quantitative estimate of drug-likeness (QED) is 0.0146. The van der Waals surface area contributed by atoms with Crippen LogP contribution in [0.4, 0.5) is 0 Å². The molecular weight excluding hydrogens is 1220 g/mol. The van der Waals surface area contributed by atoms with Gasteiger partial charge in [-0.25, -0.2) is 9.13 Å². The Hall–Kier alpha value is -4.83. The monoisotopic (exact) mass is 1340 g/mol. The molecule has 5 atom stereocenters. The molecule has 93 heavy (non-hydrogen) atoms. The van der Waals surface area contributed by atoms with Crippen molar-refractivity contribution in [1.82, 2.24) is 0 Å². The normalized spacial score (nSPS) is 15.1. The van der Waals surface area contributed by atoms with Crippen LogP contribution < -0.4 is 0 Å². The van der Waals surface area contributed by atoms with E-state index < -0.39 is 91.5 Å². The van der Waals surface area contributed by atoms with Gasteiger partial charge in [-0.15, -0.1) is 0 Å². The second-order valence-corrected chi connectivity index (χ2v) is 25.5. The van der Waals surface area contributed by atoms with Gasteiger partial charge >= 0.3 is 33.6 Å². The molecule has 5 unspecified atom stereocenters. The number of aliphatic hydroxyl groups excluding tert-OH is 2. The van der Waals surface area contributed by atoms with Crippen LogP contribution in [0.15, 0.2) is 158 Å². The van der Waals surface area contributed by atoms with Gasteiger partial charge < -0.3 is 34.2 Å². The van der Waals surface area contributed by atoms with Gasteiger partial charge in [0, 0.05) is 19.3 Å². The van der Waals surface area contributed by atoms with Crippen LogP contribution in [0.5, 0.6) is 0 Å². The topological polar surface area (TPSA) is 231 Å². The van der Waals surface area contributed by atoms with Crippen LogP contribution in [0, 0.1) is 0 Å². The molecule has 0 bridgehead atoms. The van der Waals surface area contributed by atoms with Crippen molar-refractivity contribution in [3.8, 4) is 0 Å². The van der Waals surface area contributed by atoms with Gasteiger partial charge in [0.15, 0.2) is 6.10 Å². The molecule has 0 saturated carbocycles. The minimum Gasteiger partial charge on any atom is -0.463 e. The first-order chi connectivity index (χ1) is 45.2. The maximum atomic E-state index is 12.9. The van der Waals surface area contributed by atoms with Crippen LogP contribution in [0.25, 0.3) is 0 Å². The van der Waals surface area contributed by atoms with Crippen molar-refractivity contribution in [3.63, 3.8) is 0 Å². The molecule has 0 fully saturated rings. The molecule has 4 N–H and O–H groups in total. The van der Waals surface area contributed by atoms with Crippen molar-refractivity contribution in [2.24, 2.45) is 0 Å². The predicted molar refractivity (Wildman–Crippen MR) is 380 cm³/mol. The molecule has 0 heterocycles. The molecular formula is C75H122O16P2. The minimum atomic E-state index is -4.95. The van der Waals surface area contributed by atoms with E-state index in [1.165, 1.54) is 38.5 Å². The summed E-state index contributed by atoms with van der Waals surface area (Å²) in [6.07, 6.45) is 81.5. The molecule has 16 nitrogen and oxygen atoms in total. The van der Waals surface area contributed by atoms with Gasteiger partial charge in [-0.2, -0.15) is 0 Å². The summed E-state index contributed by atoms with van der Waals surface area (Å²) in [5.74, 6) is -1.69. The first kappa shape index (κ1) is 88.2. The van der Waals surface area contributed by atoms with Crippen LogP contribution >= 0.6 is 15.6 Å². The molecule has 0 rings (SSSR count). The van der Waals surface area contributed by atoms with Crippen molar-refractivity contribution >= 4 is 33.6 Å². The Morgan fingerprint density at radius 1 is 0.312 bits per heavy atom. The molecule has 0 aromatic carbocycles. The summed E-state index contributed by atoms with van der Waals surface area (Å²) in [4.78, 5) is 58.4. The number of phosphoric ester groups is 2. The number of unbranched alkanes of at least 4 members (excludes halogenated alkanes) is 15. The number of ether oxygens (including phenoxy) is 3. The van der Waals surface area contributed by atoms with Gasteiger partial charge in [-0.3, -0.25) is 32.5 Å². The highest BCUT2D eigenvalue weighted by atomic mass is 31.2. The zero-order valence-corrected chi connectivity index (χ0v) is 58.9. The average molecular weight is 1340 g/mol. The van der Waals surface area contributed by atoms with Crippen molar-refractivity contribution < 1.29 is 75.8 Å². The second-order valence-electron chi connectivity index (χ2n) is 22.6. The number of hydrogen-bond donors (Lipinski definition) is 4. The fourth-order valence-corrected chi connectivity index (χ4v) is 10.0. The number of phosphoric acid groups is 2. The van der Waals surface area contributed by atoms with Gasteiger partial charge in [0.1, 0.15) is 25.4 Å². The Kier molecular flexibility index (Phi) is 63.7. The first-order valence-corrected chi connectivity index (χ1v) is 37.8. The van der Waals surface area contributed by atoms with Crippen molar-refractivity contribution in [2.75, 3.05) is 39.6 Å². The molecule has 0 aromatic rings. The summed E-state index contributed by atoms with van der Waals surface area (Å²) in [7, 11) is -9.82. The zero-order chi connectivity index (χ0) is 68.1. The van der Waals surface area contributed by atoms with E-state index in [0.717, 1.165) is 141 Å². The molecule has 0 aliphatic heterocycles. The number of carbonyl (C=O) groups excluding carboxylic acids is 3. The third-order valence-electron chi connectivity index (χ3n) is 13.7. The lowest BCUT2D eigenvalue weighted by atomic mass is 10.1. The number of allylic oxidation sites excluding steroid dienone is 26. The Labute approximate surface area is 561 Å². The Morgan fingerprint density at radius 3 is 0.935 bits per heavy atom. The van der Waals surface area contributed by atoms with E-state index in [-0.39, 0.29) is 19.3 Å². The van der Waals surface area contributed by atoms with Crippen LogP contribution in [0.3, 0.4) is 0 Å². The fraction of sp³-hybridized carbons (Fsp3) is 0.613. The summed E-state index contributed by atoms with van der Waals surface area (Å²) < 4.78 is 60.8. The number of aliphatic hydroxyl groups is 2. The third-order valence-corrected chi connectivity index (χ3v) is 15.6. The SMILES string of the molecule is CC/C=C\C/C=C\C/C=C\C/C=C\C/C=C\C/C=C\CCCCC(=O)OCC(O)COP(=O)(O)OCC(O)COP(=O)(O)OCC(COC(=O)CCCC/C=C\C/C=C\C/C=C\C/C=C\C/C=C\C/C=C\CC)OC(=O)CCCCCCC/C=C\CCCCCCCC. The summed E-state index contributed by atoms with van der Waals surface area (Å²) in [6.45, 7) is 2.29. The van der Waals surface area contributed by atoms with Crippen LogP contribution in [0.2, 0.25) is 0 Å². The largest absolute Gasteiger partial charge is 0.472 e. The number of carbonyl (C=O) groups is 3. The highest BCUT2D eigenvalue weighted by Gasteiger charge is 2.29. The third kappa shape index (κ3) is 68.4. The second kappa shape index (κ2) is 67.2. The number of hydrogen-bond acceptors (Lipinski definition) is 14. The highest BCUT2D eigenvalue weighted by Crippen LogP contribution is 2.45. The molecule has 0 aliphatic rings. The van der Waals surface area contributed by atoms with Crippen LogP contribution in [0.1, 0.15) is 239 Å². The van der Waals surface area contributed by atoms with Gasteiger partial charge in [-0.1, -0.05) is 230 Å². The maximum Gasteiger partial charge on any atom is 0.472 e. The lowest BCUT2D eigenvalue weighted by Gasteiger charge is -2.21. The van der Waals surface area contributed by atoms with E-state index in [4.69, 9.17) is 32.3 Å². The molecule has 0 radical (unpaired) electrons. The van der Waals surface area contributed by atoms with Crippen molar-refractivity contribution in [1.29, 1.82) is 0 Å². The van der Waals surface area contributed by atoms with Crippen LogP contribution in [-0.4, -0.2) is 95.9 Å². The lowest BCUT2D eigenvalue weighted by Crippen LogP contribution is -2.30. The van der Waals surface area contributed by atoms with E-state index >= 15 is 0 Å². The summed E-state index contributed by atoms with van der Waals surface area (Å²) in [5.41, 5.74) is 0. The van der Waals surface area contributed by atoms with Gasteiger partial charge in [0.25, 0.3) is 0 Å². The number of esters is 3. The first-order valence-electron chi connectivity index (χ1n) is 34.8. The average Bonchev–Trinajstić information content (AvgIpc) is 3.71. The van der Waals surface area contributed by atoms with E-state index in [1.807, 2.05) is 0 Å². The molecule has 0 spiro atoms. The van der Waals surface area contributed by atoms with E-state index in [0.29, 0.717) is 19.3 Å². The Morgan fingerprint density at radius 2 is 0.570 bits per heavy atom. The fourth-order valence-electron chi connectivity index (χ4n) is 8.45. The van der Waals surface area contributed by atoms with E-state index in [2.05, 4.69) is 179 Å². The molecule has 0 amide bonds. The molecule has 0 aromatic heterocycles. The molecule has 0 aliphatic carbocycles. The summed E-state index contributed by atoms with van der Waals surface area (Å²) >= 11 is 0. The van der Waals surface area contributed by atoms with Crippen molar-refractivity contribution in [2.45, 2.75) is 257 Å². The van der Waals surface area contributed by atoms with Crippen LogP contribution in [-0.2, 0) is 55.8 Å². The highest BCUT2D eigenvalue weighted by molar-refractivity contribution is 7.47. The molecule has 0 saturated heterocycles. The standard InChI is InChI=1S/C75H122O16P2/c1-4-7-10-13-16-19-22-25-28-30-32-34-36-38-41-43-46-49-52-55-58-61-73(78)85-64-70(76)65-87-92(81,82)88-66-71(77)67-89-93(83,84)90-69-72(91-75(80)63-60-57-54-51-48-45-40-27-24-21-18-15-12-9-6-3)68-86-74(79)62-59-56-53-50-47-44-42-39-37-35-33-31-29-26-23-20-17-14-11-8-5-2/h7-8,10-11,16-17,19-20,25-29,32-35,38-42,46-47,49-50,70-72,76-77H,4-6,9,12-15,18,21-24,30-31,36-37,43-45,48,51-69H2,1-3H3,(H,81,82)(H,83,84)/b10-7-,11-8-,19-16-,20-17-,28-25-,29-26-,34-32-,35-33-,40-27-,41-38-,42-39-,49-46-,50-47-. The molecule has 528 valence electrons. The Balaban J connectivity index is 4.78. The number of rotatable bonds is 64. The Bertz CT molecular complexity index is 2320. The minimum absolute atomic E-state index is 0.0782. The zero-order valence-electron chi connectivity index (χ0n) is 57.1. The summed E-state index contributed by atoms with van der Waals surface area (Å²) in [5, 5.41) is 20.5. The molecule has 18 heteroatoms. The smallest absolute Gasteiger partial charge is 0.463 e. The predicted octanol–water partition coefficient (Wildman–Crippen LogP) is 19.5. The van der Waals surface area contributed by atoms with Crippen molar-refractivity contribution in [3.05, 3.63) is 158 Å².